The van der Waals surface area contributed by atoms with E-state index in [0.717, 1.165) is 12.8 Å². The van der Waals surface area contributed by atoms with Crippen molar-refractivity contribution in [2.45, 2.75) is 32.3 Å². The summed E-state index contributed by atoms with van der Waals surface area (Å²) in [5.41, 5.74) is 5.46. The molecule has 0 spiro atoms. The summed E-state index contributed by atoms with van der Waals surface area (Å²) < 4.78 is 10.1. The Hall–Kier alpha value is -0.650. The lowest BCUT2D eigenvalue weighted by atomic mass is 10.2. The molecule has 0 radical (unpaired) electrons. The number of carbonyl (C=O) groups excluding carboxylic acids is 1. The van der Waals surface area contributed by atoms with Crippen LogP contribution in [0.1, 0.15) is 26.2 Å². The number of carbonyl (C=O) groups is 1. The second kappa shape index (κ2) is 10.5. The molecule has 102 valence electrons. The van der Waals surface area contributed by atoms with Crippen LogP contribution in [0.5, 0.6) is 0 Å². The summed E-state index contributed by atoms with van der Waals surface area (Å²) in [6.45, 7) is 4.48. The van der Waals surface area contributed by atoms with Crippen molar-refractivity contribution in [1.29, 1.82) is 0 Å². The first-order chi connectivity index (χ1) is 8.15. The minimum atomic E-state index is 0.123. The first-order valence-corrected chi connectivity index (χ1v) is 6.15. The highest BCUT2D eigenvalue weighted by Gasteiger charge is 2.13. The fourth-order valence-corrected chi connectivity index (χ4v) is 1.45. The molecule has 0 aliphatic rings. The number of nitrogens with two attached hydrogens (primary N) is 1. The summed E-state index contributed by atoms with van der Waals surface area (Å²) in [4.78, 5) is 13.8. The van der Waals surface area contributed by atoms with Crippen molar-refractivity contribution in [3.63, 3.8) is 0 Å². The van der Waals surface area contributed by atoms with Crippen LogP contribution in [-0.2, 0) is 14.3 Å². The van der Waals surface area contributed by atoms with Crippen LogP contribution in [0.4, 0.5) is 0 Å². The fourth-order valence-electron chi connectivity index (χ4n) is 1.45. The van der Waals surface area contributed by atoms with Crippen LogP contribution in [0.3, 0.4) is 0 Å². The van der Waals surface area contributed by atoms with Crippen molar-refractivity contribution < 1.29 is 14.3 Å². The summed E-state index contributed by atoms with van der Waals surface area (Å²) >= 11 is 0. The summed E-state index contributed by atoms with van der Waals surface area (Å²) in [5, 5.41) is 0. The van der Waals surface area contributed by atoms with Crippen molar-refractivity contribution in [3.05, 3.63) is 0 Å². The number of rotatable bonds is 10. The van der Waals surface area contributed by atoms with Gasteiger partial charge >= 0.3 is 0 Å². The largest absolute Gasteiger partial charge is 0.383 e. The van der Waals surface area contributed by atoms with E-state index in [4.69, 9.17) is 15.2 Å². The molecule has 0 aromatic carbocycles. The van der Waals surface area contributed by atoms with Crippen molar-refractivity contribution >= 4 is 5.91 Å². The van der Waals surface area contributed by atoms with Gasteiger partial charge in [0.05, 0.1) is 12.7 Å². The lowest BCUT2D eigenvalue weighted by Crippen LogP contribution is -2.35. The molecule has 0 aromatic rings. The van der Waals surface area contributed by atoms with Crippen LogP contribution in [-0.4, -0.2) is 57.4 Å². The van der Waals surface area contributed by atoms with Crippen molar-refractivity contribution in [3.8, 4) is 0 Å². The lowest BCUT2D eigenvalue weighted by molar-refractivity contribution is -0.132. The van der Waals surface area contributed by atoms with Crippen molar-refractivity contribution in [1.82, 2.24) is 4.90 Å². The third-order valence-corrected chi connectivity index (χ3v) is 2.72. The van der Waals surface area contributed by atoms with Crippen LogP contribution >= 0.6 is 0 Å². The molecule has 0 aliphatic heterocycles. The minimum Gasteiger partial charge on any atom is -0.383 e. The van der Waals surface area contributed by atoms with E-state index in [0.29, 0.717) is 32.7 Å². The molecule has 0 saturated carbocycles. The third-order valence-electron chi connectivity index (χ3n) is 2.72. The molecule has 1 unspecified atom stereocenters. The molecule has 0 aliphatic carbocycles. The molecule has 0 saturated heterocycles. The Morgan fingerprint density at radius 3 is 2.59 bits per heavy atom. The van der Waals surface area contributed by atoms with Gasteiger partial charge in [0.25, 0.3) is 0 Å². The maximum atomic E-state index is 11.9. The third kappa shape index (κ3) is 8.12. The average Bonchev–Trinajstić information content (AvgIpc) is 2.35. The number of amides is 1. The number of ether oxygens (including phenoxy) is 2. The van der Waals surface area contributed by atoms with Gasteiger partial charge in [-0.25, -0.2) is 0 Å². The molecule has 1 atom stereocenters. The Balaban J connectivity index is 4.02. The predicted octanol–water partition coefficient (Wildman–Crippen LogP) is 0.625. The van der Waals surface area contributed by atoms with E-state index in [2.05, 4.69) is 0 Å². The van der Waals surface area contributed by atoms with Gasteiger partial charge in [0.15, 0.2) is 0 Å². The summed E-state index contributed by atoms with van der Waals surface area (Å²) in [6.07, 6.45) is 2.22. The average molecular weight is 246 g/mol. The maximum absolute atomic E-state index is 11.9. The summed E-state index contributed by atoms with van der Waals surface area (Å²) in [5.74, 6) is 0.152. The van der Waals surface area contributed by atoms with Crippen LogP contribution in [0.2, 0.25) is 0 Å². The van der Waals surface area contributed by atoms with Gasteiger partial charge in [-0.05, 0) is 26.3 Å². The highest BCUT2D eigenvalue weighted by Crippen LogP contribution is 2.04. The predicted molar refractivity (Wildman–Crippen MR) is 67.8 cm³/mol. The molecule has 0 heterocycles. The van der Waals surface area contributed by atoms with Crippen molar-refractivity contribution in [2.75, 3.05) is 40.5 Å². The van der Waals surface area contributed by atoms with Gasteiger partial charge in [-0.15, -0.1) is 0 Å². The van der Waals surface area contributed by atoms with E-state index in [9.17, 15) is 4.79 Å². The highest BCUT2D eigenvalue weighted by molar-refractivity contribution is 5.76. The maximum Gasteiger partial charge on any atom is 0.222 e. The second-order valence-electron chi connectivity index (χ2n) is 4.10. The molecule has 17 heavy (non-hydrogen) atoms. The van der Waals surface area contributed by atoms with E-state index in [-0.39, 0.29) is 12.0 Å². The molecule has 1 amide bonds. The zero-order chi connectivity index (χ0) is 13.1. The van der Waals surface area contributed by atoms with Gasteiger partial charge in [0.2, 0.25) is 5.91 Å². The smallest absolute Gasteiger partial charge is 0.222 e. The van der Waals surface area contributed by atoms with Crippen LogP contribution in [0.25, 0.3) is 0 Å². The number of nitrogens with zero attached hydrogens (tertiary/aromatic N) is 1. The molecule has 0 aromatic heterocycles. The Bertz CT molecular complexity index is 192. The van der Waals surface area contributed by atoms with Crippen LogP contribution in [0.15, 0.2) is 0 Å². The van der Waals surface area contributed by atoms with Crippen LogP contribution < -0.4 is 5.73 Å². The Kier molecular flexibility index (Phi) is 10.1. The molecule has 5 nitrogen and oxygen atoms in total. The first kappa shape index (κ1) is 16.4. The Morgan fingerprint density at radius 2 is 2.06 bits per heavy atom. The van der Waals surface area contributed by atoms with Gasteiger partial charge < -0.3 is 20.1 Å². The van der Waals surface area contributed by atoms with E-state index in [1.54, 1.807) is 14.2 Å². The van der Waals surface area contributed by atoms with Gasteiger partial charge in [-0.2, -0.15) is 0 Å². The van der Waals surface area contributed by atoms with Gasteiger partial charge in [-0.3, -0.25) is 4.79 Å². The summed E-state index contributed by atoms with van der Waals surface area (Å²) in [7, 11) is 3.30. The SMILES string of the molecule is COCCN(CCCN)C(=O)CCC(C)OC. The molecule has 2 N–H and O–H groups in total. The normalized spacial score (nSPS) is 12.5. The molecule has 0 fully saturated rings. The Labute approximate surface area is 104 Å². The van der Waals surface area contributed by atoms with Gasteiger partial charge in [0.1, 0.15) is 0 Å². The highest BCUT2D eigenvalue weighted by atomic mass is 16.5. The number of hydrogen-bond acceptors (Lipinski definition) is 4. The monoisotopic (exact) mass is 246 g/mol. The molecular weight excluding hydrogens is 220 g/mol. The standard InChI is InChI=1S/C12H26N2O3/c1-11(17-3)5-6-12(15)14(8-4-7-13)9-10-16-2/h11H,4-10,13H2,1-3H3. The fraction of sp³-hybridized carbons (Fsp3) is 0.917. The quantitative estimate of drug-likeness (QED) is 0.614. The van der Waals surface area contributed by atoms with E-state index in [1.165, 1.54) is 0 Å². The zero-order valence-corrected chi connectivity index (χ0v) is 11.3. The summed E-state index contributed by atoms with van der Waals surface area (Å²) in [6, 6.07) is 0. The lowest BCUT2D eigenvalue weighted by Gasteiger charge is -2.22. The van der Waals surface area contributed by atoms with Crippen LogP contribution in [0, 0.1) is 0 Å². The second-order valence-corrected chi connectivity index (χ2v) is 4.10. The van der Waals surface area contributed by atoms with E-state index in [1.807, 2.05) is 11.8 Å². The number of hydrogen-bond donors (Lipinski definition) is 1. The molecule has 5 heteroatoms. The molecule has 0 rings (SSSR count). The topological polar surface area (TPSA) is 64.8 Å². The Morgan fingerprint density at radius 1 is 1.35 bits per heavy atom. The number of methoxy groups -OCH3 is 2. The minimum absolute atomic E-state index is 0.123. The first-order valence-electron chi connectivity index (χ1n) is 6.15. The molecular formula is C12H26N2O3. The molecule has 0 bridgehead atoms. The zero-order valence-electron chi connectivity index (χ0n) is 11.3. The van der Waals surface area contributed by atoms with Crippen molar-refractivity contribution in [2.24, 2.45) is 5.73 Å². The van der Waals surface area contributed by atoms with Gasteiger partial charge in [0, 0.05) is 33.7 Å². The van der Waals surface area contributed by atoms with E-state index < -0.39 is 0 Å². The van der Waals surface area contributed by atoms with Gasteiger partial charge in [-0.1, -0.05) is 0 Å². The van der Waals surface area contributed by atoms with E-state index >= 15 is 0 Å².